The van der Waals surface area contributed by atoms with Crippen LogP contribution in [0.2, 0.25) is 0 Å². The second-order valence-electron chi connectivity index (χ2n) is 8.31. The molecule has 1 aliphatic heterocycles. The maximum Gasteiger partial charge on any atom is 0.191 e. The smallest absolute Gasteiger partial charge is 0.191 e. The molecule has 0 amide bonds. The molecule has 1 heterocycles. The van der Waals surface area contributed by atoms with Gasteiger partial charge in [-0.25, -0.2) is 0 Å². The van der Waals surface area contributed by atoms with Crippen molar-refractivity contribution in [1.82, 2.24) is 10.6 Å². The Hall–Kier alpha value is -0.620. The number of hydrogen-bond donors (Lipinski definition) is 2. The van der Waals surface area contributed by atoms with E-state index < -0.39 is 10.8 Å². The summed E-state index contributed by atoms with van der Waals surface area (Å²) < 4.78 is 18.1. The van der Waals surface area contributed by atoms with Crippen molar-refractivity contribution in [2.75, 3.05) is 18.9 Å². The topological polar surface area (TPSA) is 62.7 Å². The zero-order valence-corrected chi connectivity index (χ0v) is 17.0. The van der Waals surface area contributed by atoms with Crippen molar-refractivity contribution in [2.45, 2.75) is 83.2 Å². The minimum atomic E-state index is -0.687. The molecule has 0 spiro atoms. The van der Waals surface area contributed by atoms with Crippen LogP contribution >= 0.6 is 0 Å². The number of rotatable bonds is 5. The molecule has 3 aliphatic rings. The molecule has 3 rings (SSSR count). The van der Waals surface area contributed by atoms with Gasteiger partial charge in [-0.05, 0) is 32.6 Å². The first-order valence-corrected chi connectivity index (χ1v) is 11.4. The van der Waals surface area contributed by atoms with Crippen molar-refractivity contribution in [2.24, 2.45) is 16.3 Å². The standard InChI is InChI=1S/C19H35N3O2S/c1-5-20-18(21-13-8-7-9-14(12-13)25(23)6-2)22-16-15-10-11-24-17(15)19(16,3)4/h13-17H,5-12H2,1-4H3,(H2,20,21,22). The number of aliphatic imine (C=N–C) groups is 1. The first kappa shape index (κ1) is 19.2. The Bertz CT molecular complexity index is 523. The Kier molecular flexibility index (Phi) is 6.09. The number of nitrogens with one attached hydrogen (secondary N) is 2. The zero-order chi connectivity index (χ0) is 18.0. The minimum Gasteiger partial charge on any atom is -0.377 e. The van der Waals surface area contributed by atoms with E-state index in [9.17, 15) is 4.21 Å². The van der Waals surface area contributed by atoms with Crippen LogP contribution in [0.4, 0.5) is 0 Å². The summed E-state index contributed by atoms with van der Waals surface area (Å²) in [5.41, 5.74) is 0.149. The Labute approximate surface area is 155 Å². The molecule has 0 radical (unpaired) electrons. The van der Waals surface area contributed by atoms with Crippen molar-refractivity contribution in [3.63, 3.8) is 0 Å². The lowest BCUT2D eigenvalue weighted by atomic mass is 9.57. The Morgan fingerprint density at radius 1 is 1.24 bits per heavy atom. The van der Waals surface area contributed by atoms with Gasteiger partial charge in [0.2, 0.25) is 0 Å². The summed E-state index contributed by atoms with van der Waals surface area (Å²) in [6.07, 6.45) is 5.92. The van der Waals surface area contributed by atoms with Crippen LogP contribution in [0.5, 0.6) is 0 Å². The van der Waals surface area contributed by atoms with Gasteiger partial charge in [-0.1, -0.05) is 27.2 Å². The molecule has 2 saturated carbocycles. The third kappa shape index (κ3) is 3.90. The molecule has 6 atom stereocenters. The Morgan fingerprint density at radius 2 is 2.04 bits per heavy atom. The van der Waals surface area contributed by atoms with E-state index in [1.165, 1.54) is 0 Å². The number of ether oxygens (including phenoxy) is 1. The maximum absolute atomic E-state index is 12.2. The van der Waals surface area contributed by atoms with Crippen molar-refractivity contribution >= 4 is 16.8 Å². The van der Waals surface area contributed by atoms with Crippen LogP contribution in [0.15, 0.2) is 4.99 Å². The van der Waals surface area contributed by atoms with E-state index in [-0.39, 0.29) is 5.41 Å². The van der Waals surface area contributed by atoms with E-state index in [1.54, 1.807) is 0 Å². The zero-order valence-electron chi connectivity index (χ0n) is 16.2. The molecule has 0 aromatic carbocycles. The number of hydrogen-bond acceptors (Lipinski definition) is 3. The van der Waals surface area contributed by atoms with Gasteiger partial charge >= 0.3 is 0 Å². The van der Waals surface area contributed by atoms with Crippen LogP contribution in [0.25, 0.3) is 0 Å². The van der Waals surface area contributed by atoms with Crippen molar-refractivity contribution in [1.29, 1.82) is 0 Å². The SMILES string of the molecule is CCN=C(NC1CCCC(S(=O)CC)C1)NC1C2CCOC2C1(C)C. The van der Waals surface area contributed by atoms with Gasteiger partial charge < -0.3 is 15.4 Å². The number of fused-ring (bicyclic) bond motifs is 1. The van der Waals surface area contributed by atoms with Gasteiger partial charge in [-0.3, -0.25) is 9.20 Å². The van der Waals surface area contributed by atoms with Crippen LogP contribution in [0.3, 0.4) is 0 Å². The Balaban J connectivity index is 1.60. The van der Waals surface area contributed by atoms with E-state index in [4.69, 9.17) is 4.74 Å². The van der Waals surface area contributed by atoms with E-state index in [2.05, 4.69) is 36.4 Å². The highest BCUT2D eigenvalue weighted by molar-refractivity contribution is 7.85. The van der Waals surface area contributed by atoms with E-state index in [0.29, 0.717) is 29.4 Å². The predicted octanol–water partition coefficient (Wildman–Crippen LogP) is 2.43. The fraction of sp³-hybridized carbons (Fsp3) is 0.947. The lowest BCUT2D eigenvalue weighted by Crippen LogP contribution is -2.68. The maximum atomic E-state index is 12.2. The van der Waals surface area contributed by atoms with Crippen LogP contribution in [0.1, 0.15) is 59.8 Å². The second-order valence-corrected chi connectivity index (χ2v) is 10.3. The summed E-state index contributed by atoms with van der Waals surface area (Å²) in [6.45, 7) is 10.3. The third-order valence-corrected chi connectivity index (χ3v) is 8.07. The van der Waals surface area contributed by atoms with Gasteiger partial charge in [-0.15, -0.1) is 0 Å². The molecule has 2 aliphatic carbocycles. The highest BCUT2D eigenvalue weighted by Crippen LogP contribution is 2.52. The predicted molar refractivity (Wildman–Crippen MR) is 104 cm³/mol. The van der Waals surface area contributed by atoms with Crippen LogP contribution in [0, 0.1) is 11.3 Å². The molecule has 3 fully saturated rings. The highest BCUT2D eigenvalue weighted by Gasteiger charge is 2.59. The average Bonchev–Trinajstić information content (AvgIpc) is 3.06. The minimum absolute atomic E-state index is 0.149. The first-order valence-electron chi connectivity index (χ1n) is 10.0. The third-order valence-electron chi connectivity index (χ3n) is 6.33. The van der Waals surface area contributed by atoms with Crippen molar-refractivity contribution in [3.05, 3.63) is 0 Å². The van der Waals surface area contributed by atoms with Gasteiger partial charge in [0.1, 0.15) is 0 Å². The van der Waals surface area contributed by atoms with Crippen LogP contribution in [-0.2, 0) is 15.5 Å². The summed E-state index contributed by atoms with van der Waals surface area (Å²) in [6, 6.07) is 0.799. The molecule has 144 valence electrons. The van der Waals surface area contributed by atoms with E-state index in [1.807, 2.05) is 6.92 Å². The molecule has 25 heavy (non-hydrogen) atoms. The molecule has 0 bridgehead atoms. The Morgan fingerprint density at radius 3 is 2.76 bits per heavy atom. The summed E-state index contributed by atoms with van der Waals surface area (Å²) in [7, 11) is -0.687. The normalized spacial score (nSPS) is 38.6. The first-order chi connectivity index (χ1) is 12.0. The van der Waals surface area contributed by atoms with Gasteiger partial charge in [0, 0.05) is 58.4 Å². The van der Waals surface area contributed by atoms with Crippen LogP contribution in [-0.4, -0.2) is 52.5 Å². The summed E-state index contributed by atoms with van der Waals surface area (Å²) >= 11 is 0. The quantitative estimate of drug-likeness (QED) is 0.577. The van der Waals surface area contributed by atoms with Crippen molar-refractivity contribution < 1.29 is 8.95 Å². The summed E-state index contributed by atoms with van der Waals surface area (Å²) in [4.78, 5) is 4.69. The molecule has 0 aromatic rings. The second kappa shape index (κ2) is 7.95. The lowest BCUT2D eigenvalue weighted by Gasteiger charge is -2.55. The molecular formula is C19H35N3O2S. The molecule has 1 saturated heterocycles. The molecule has 0 aromatic heterocycles. The molecule has 2 N–H and O–H groups in total. The molecule has 5 nitrogen and oxygen atoms in total. The largest absolute Gasteiger partial charge is 0.377 e. The van der Waals surface area contributed by atoms with Crippen LogP contribution < -0.4 is 10.6 Å². The molecular weight excluding hydrogens is 334 g/mol. The van der Waals surface area contributed by atoms with E-state index in [0.717, 1.165) is 57.0 Å². The van der Waals surface area contributed by atoms with Crippen molar-refractivity contribution in [3.8, 4) is 0 Å². The lowest BCUT2D eigenvalue weighted by molar-refractivity contribution is -0.106. The summed E-state index contributed by atoms with van der Waals surface area (Å²) in [5.74, 6) is 2.30. The fourth-order valence-electron chi connectivity index (χ4n) is 5.00. The van der Waals surface area contributed by atoms with Gasteiger partial charge in [0.05, 0.1) is 6.10 Å². The summed E-state index contributed by atoms with van der Waals surface area (Å²) in [5, 5.41) is 7.69. The average molecular weight is 370 g/mol. The van der Waals surface area contributed by atoms with E-state index >= 15 is 0 Å². The fourth-order valence-corrected chi connectivity index (χ4v) is 6.35. The van der Waals surface area contributed by atoms with Gasteiger partial charge in [-0.2, -0.15) is 0 Å². The molecule has 6 unspecified atom stereocenters. The highest BCUT2D eigenvalue weighted by atomic mass is 32.2. The van der Waals surface area contributed by atoms with Gasteiger partial charge in [0.25, 0.3) is 0 Å². The number of nitrogens with zero attached hydrogens (tertiary/aromatic N) is 1. The van der Waals surface area contributed by atoms with Gasteiger partial charge in [0.15, 0.2) is 5.96 Å². The number of guanidine groups is 1. The molecule has 6 heteroatoms. The monoisotopic (exact) mass is 369 g/mol.